The first-order valence-corrected chi connectivity index (χ1v) is 9.69. The zero-order valence-corrected chi connectivity index (χ0v) is 17.4. The van der Waals surface area contributed by atoms with E-state index in [1.165, 1.54) is 0 Å². The molecule has 28 heavy (non-hydrogen) atoms. The highest BCUT2D eigenvalue weighted by molar-refractivity contribution is 6.14. The Morgan fingerprint density at radius 3 is 2.36 bits per heavy atom. The fraction of sp³-hybridized carbons (Fsp3) is 0.895. The van der Waals surface area contributed by atoms with Gasteiger partial charge in [-0.1, -0.05) is 6.08 Å². The summed E-state index contributed by atoms with van der Waals surface area (Å²) in [5.74, 6) is 0. The highest BCUT2D eigenvalue weighted by atomic mass is 16.6. The third kappa shape index (κ3) is 8.46. The number of rotatable bonds is 12. The molecule has 1 rings (SSSR count). The summed E-state index contributed by atoms with van der Waals surface area (Å²) in [7, 11) is 6.17. The third-order valence-electron chi connectivity index (χ3n) is 4.90. The monoisotopic (exact) mass is 401 g/mol. The molecule has 0 aliphatic carbocycles. The first-order valence-electron chi connectivity index (χ1n) is 9.69. The molecule has 1 aliphatic heterocycles. The summed E-state index contributed by atoms with van der Waals surface area (Å²) in [6, 6.07) is 0.207. The van der Waals surface area contributed by atoms with Crippen molar-refractivity contribution in [1.29, 1.82) is 0 Å². The van der Waals surface area contributed by atoms with Crippen molar-refractivity contribution in [2.45, 2.75) is 88.4 Å². The second-order valence-corrected chi connectivity index (χ2v) is 8.25. The van der Waals surface area contributed by atoms with Crippen molar-refractivity contribution in [1.82, 2.24) is 5.32 Å². The molecule has 7 unspecified atom stereocenters. The van der Waals surface area contributed by atoms with Crippen molar-refractivity contribution < 1.29 is 34.6 Å². The standard InChI is InChI=1S/C19H36BNO7/c1-6-12(2)21-9-7-19(5,20)26-10-8-18(3,4)27-11-13-14(22)15(23)16(24)17(25)28-13/h6,12-17,21-25H,1,7-11H2,2-5H3. The molecule has 0 spiro atoms. The van der Waals surface area contributed by atoms with E-state index < -0.39 is 41.8 Å². The minimum atomic E-state index is -1.58. The lowest BCUT2D eigenvalue weighted by molar-refractivity contribution is -0.292. The van der Waals surface area contributed by atoms with Crippen molar-refractivity contribution in [2.75, 3.05) is 19.8 Å². The highest BCUT2D eigenvalue weighted by Gasteiger charge is 2.43. The quantitative estimate of drug-likeness (QED) is 0.218. The Balaban J connectivity index is 2.36. The molecular formula is C19H36BNO7. The predicted molar refractivity (Wildman–Crippen MR) is 106 cm³/mol. The maximum Gasteiger partial charge on any atom is 0.184 e. The number of aliphatic hydroxyl groups is 4. The molecule has 162 valence electrons. The minimum absolute atomic E-state index is 0.0573. The molecule has 0 aromatic rings. The van der Waals surface area contributed by atoms with Crippen LogP contribution >= 0.6 is 0 Å². The summed E-state index contributed by atoms with van der Waals surface area (Å²) in [6.45, 7) is 12.3. The maximum atomic E-state index is 9.97. The number of hydrogen-bond acceptors (Lipinski definition) is 8. The van der Waals surface area contributed by atoms with Gasteiger partial charge in [0.25, 0.3) is 0 Å². The molecule has 1 fully saturated rings. The largest absolute Gasteiger partial charge is 0.387 e. The molecule has 1 aliphatic rings. The summed E-state index contributed by atoms with van der Waals surface area (Å²) in [5.41, 5.74) is -1.39. The first-order chi connectivity index (χ1) is 12.9. The van der Waals surface area contributed by atoms with Crippen LogP contribution in [0.25, 0.3) is 0 Å². The van der Waals surface area contributed by atoms with Crippen LogP contribution in [0, 0.1) is 0 Å². The number of ether oxygens (including phenoxy) is 3. The van der Waals surface area contributed by atoms with Gasteiger partial charge in [0.2, 0.25) is 0 Å². The fourth-order valence-corrected chi connectivity index (χ4v) is 2.68. The van der Waals surface area contributed by atoms with Crippen molar-refractivity contribution in [2.24, 2.45) is 0 Å². The summed E-state index contributed by atoms with van der Waals surface area (Å²) in [5, 5.41) is 42.0. The van der Waals surface area contributed by atoms with E-state index in [0.717, 1.165) is 0 Å². The topological polar surface area (TPSA) is 121 Å². The molecule has 9 heteroatoms. The molecular weight excluding hydrogens is 365 g/mol. The molecule has 1 heterocycles. The van der Waals surface area contributed by atoms with Crippen LogP contribution in [0.2, 0.25) is 0 Å². The summed E-state index contributed by atoms with van der Waals surface area (Å²) >= 11 is 0. The van der Waals surface area contributed by atoms with Crippen LogP contribution in [0.3, 0.4) is 0 Å². The van der Waals surface area contributed by atoms with E-state index in [1.807, 2.05) is 33.8 Å². The predicted octanol–water partition coefficient (Wildman–Crippen LogP) is -0.573. The summed E-state index contributed by atoms with van der Waals surface area (Å²) in [6.07, 6.45) is -3.96. The Bertz CT molecular complexity index is 477. The van der Waals surface area contributed by atoms with E-state index in [9.17, 15) is 20.4 Å². The molecule has 2 radical (unpaired) electrons. The lowest BCUT2D eigenvalue weighted by atomic mass is 9.80. The lowest BCUT2D eigenvalue weighted by Crippen LogP contribution is -2.59. The van der Waals surface area contributed by atoms with Gasteiger partial charge in [0, 0.05) is 18.1 Å². The lowest BCUT2D eigenvalue weighted by Gasteiger charge is -2.39. The van der Waals surface area contributed by atoms with Gasteiger partial charge in [-0.2, -0.15) is 0 Å². The fourth-order valence-electron chi connectivity index (χ4n) is 2.68. The number of hydrogen-bond donors (Lipinski definition) is 5. The zero-order valence-electron chi connectivity index (χ0n) is 17.4. The summed E-state index contributed by atoms with van der Waals surface area (Å²) < 4.78 is 16.7. The highest BCUT2D eigenvalue weighted by Crippen LogP contribution is 2.23. The summed E-state index contributed by atoms with van der Waals surface area (Å²) in [4.78, 5) is 0. The smallest absolute Gasteiger partial charge is 0.184 e. The second kappa shape index (κ2) is 11.0. The molecule has 0 aromatic heterocycles. The van der Waals surface area contributed by atoms with E-state index in [4.69, 9.17) is 22.1 Å². The Kier molecular flexibility index (Phi) is 10.1. The third-order valence-corrected chi connectivity index (χ3v) is 4.90. The van der Waals surface area contributed by atoms with Crippen LogP contribution in [0.15, 0.2) is 12.7 Å². The van der Waals surface area contributed by atoms with Gasteiger partial charge in [0.05, 0.1) is 12.2 Å². The second-order valence-electron chi connectivity index (χ2n) is 8.25. The molecule has 0 amide bonds. The molecule has 5 N–H and O–H groups in total. The van der Waals surface area contributed by atoms with Gasteiger partial charge in [-0.3, -0.25) is 0 Å². The first kappa shape index (κ1) is 25.5. The molecule has 0 saturated carbocycles. The van der Waals surface area contributed by atoms with Crippen LogP contribution in [0.1, 0.15) is 40.5 Å². The van der Waals surface area contributed by atoms with Crippen LogP contribution in [-0.2, 0) is 14.2 Å². The molecule has 0 bridgehead atoms. The Hall–Kier alpha value is -0.515. The van der Waals surface area contributed by atoms with E-state index in [-0.39, 0.29) is 12.6 Å². The van der Waals surface area contributed by atoms with Gasteiger partial charge in [-0.25, -0.2) is 0 Å². The average Bonchev–Trinajstić information content (AvgIpc) is 2.61. The van der Waals surface area contributed by atoms with Crippen molar-refractivity contribution in [3.8, 4) is 0 Å². The van der Waals surface area contributed by atoms with Gasteiger partial charge in [0.1, 0.15) is 32.3 Å². The van der Waals surface area contributed by atoms with Gasteiger partial charge < -0.3 is 40.0 Å². The van der Waals surface area contributed by atoms with E-state index >= 15 is 0 Å². The van der Waals surface area contributed by atoms with E-state index in [2.05, 4.69) is 11.9 Å². The SMILES string of the molecule is [B]C(C)(CCNC(C)C=C)OCCC(C)(C)OCC1OC(O)C(O)C(O)C1O. The normalized spacial score (nSPS) is 31.9. The number of nitrogens with one attached hydrogen (secondary N) is 1. The van der Waals surface area contributed by atoms with Gasteiger partial charge in [0.15, 0.2) is 6.29 Å². The van der Waals surface area contributed by atoms with Crippen LogP contribution in [0.5, 0.6) is 0 Å². The Morgan fingerprint density at radius 2 is 1.75 bits per heavy atom. The maximum absolute atomic E-state index is 9.97. The van der Waals surface area contributed by atoms with Crippen LogP contribution < -0.4 is 5.32 Å². The van der Waals surface area contributed by atoms with Crippen LogP contribution in [0.4, 0.5) is 0 Å². The molecule has 8 nitrogen and oxygen atoms in total. The molecule has 7 atom stereocenters. The Morgan fingerprint density at radius 1 is 1.11 bits per heavy atom. The van der Waals surface area contributed by atoms with Crippen molar-refractivity contribution in [3.63, 3.8) is 0 Å². The average molecular weight is 401 g/mol. The number of aliphatic hydroxyl groups excluding tert-OH is 4. The molecule has 0 aromatic carbocycles. The van der Waals surface area contributed by atoms with Crippen LogP contribution in [-0.4, -0.2) is 95.9 Å². The molecule has 1 saturated heterocycles. The Labute approximate surface area is 169 Å². The van der Waals surface area contributed by atoms with Crippen molar-refractivity contribution in [3.05, 3.63) is 12.7 Å². The minimum Gasteiger partial charge on any atom is -0.387 e. The van der Waals surface area contributed by atoms with E-state index in [0.29, 0.717) is 26.0 Å². The van der Waals surface area contributed by atoms with Gasteiger partial charge >= 0.3 is 0 Å². The van der Waals surface area contributed by atoms with Crippen molar-refractivity contribution >= 4 is 7.85 Å². The van der Waals surface area contributed by atoms with Gasteiger partial charge in [-0.05, 0) is 47.1 Å². The van der Waals surface area contributed by atoms with E-state index in [1.54, 1.807) is 0 Å². The van der Waals surface area contributed by atoms with Gasteiger partial charge in [-0.15, -0.1) is 6.58 Å². The zero-order chi connectivity index (χ0) is 21.5.